The van der Waals surface area contributed by atoms with Crippen LogP contribution in [-0.4, -0.2) is 35.7 Å². The van der Waals surface area contributed by atoms with Crippen LogP contribution in [0.15, 0.2) is 47.4 Å². The number of nitrogens with one attached hydrogen (secondary N) is 1. The molecule has 2 aromatic carbocycles. The number of sulfonamides is 2. The van der Waals surface area contributed by atoms with E-state index in [4.69, 9.17) is 4.74 Å². The van der Waals surface area contributed by atoms with Gasteiger partial charge in [0.25, 0.3) is 10.0 Å². The van der Waals surface area contributed by atoms with Crippen molar-refractivity contribution < 1.29 is 21.6 Å². The summed E-state index contributed by atoms with van der Waals surface area (Å²) in [5.41, 5.74) is 1.80. The van der Waals surface area contributed by atoms with Crippen LogP contribution in [0.25, 0.3) is 0 Å². The van der Waals surface area contributed by atoms with Crippen molar-refractivity contribution >= 4 is 31.4 Å². The highest BCUT2D eigenvalue weighted by Crippen LogP contribution is 2.29. The zero-order valence-corrected chi connectivity index (χ0v) is 15.5. The molecule has 0 bridgehead atoms. The van der Waals surface area contributed by atoms with Crippen molar-refractivity contribution in [1.29, 1.82) is 0 Å². The summed E-state index contributed by atoms with van der Waals surface area (Å²) in [4.78, 5) is 0.174. The monoisotopic (exact) mass is 394 g/mol. The first kappa shape index (κ1) is 17.2. The van der Waals surface area contributed by atoms with E-state index in [0.717, 1.165) is 11.3 Å². The van der Waals surface area contributed by atoms with E-state index in [1.54, 1.807) is 36.4 Å². The minimum Gasteiger partial charge on any atom is -0.493 e. The van der Waals surface area contributed by atoms with Crippen LogP contribution in [0.3, 0.4) is 0 Å². The molecule has 2 heterocycles. The lowest BCUT2D eigenvalue weighted by atomic mass is 10.2. The van der Waals surface area contributed by atoms with Gasteiger partial charge in [-0.15, -0.1) is 0 Å². The van der Waals surface area contributed by atoms with Crippen LogP contribution >= 0.6 is 0 Å². The van der Waals surface area contributed by atoms with E-state index in [1.165, 1.54) is 10.4 Å². The molecular formula is C17H18N2O5S2. The van der Waals surface area contributed by atoms with Crippen molar-refractivity contribution in [3.8, 4) is 5.75 Å². The number of fused-ring (bicyclic) bond motifs is 1. The van der Waals surface area contributed by atoms with Crippen LogP contribution in [-0.2, 0) is 26.5 Å². The smallest absolute Gasteiger partial charge is 0.261 e. The first-order valence-corrected chi connectivity index (χ1v) is 11.3. The molecule has 0 amide bonds. The molecule has 0 spiro atoms. The average Bonchev–Trinajstić information content (AvgIpc) is 3.20. The maximum Gasteiger partial charge on any atom is 0.261 e. The molecule has 0 aliphatic carbocycles. The van der Waals surface area contributed by atoms with E-state index in [2.05, 4.69) is 4.72 Å². The molecule has 0 radical (unpaired) electrons. The van der Waals surface area contributed by atoms with E-state index in [1.807, 2.05) is 0 Å². The summed E-state index contributed by atoms with van der Waals surface area (Å²) in [6, 6.07) is 11.1. The van der Waals surface area contributed by atoms with E-state index < -0.39 is 20.0 Å². The number of hydrogen-bond acceptors (Lipinski definition) is 5. The maximum absolute atomic E-state index is 12.6. The molecule has 9 heteroatoms. The first-order valence-electron chi connectivity index (χ1n) is 8.24. The molecule has 2 aromatic rings. The molecule has 0 atom stereocenters. The SMILES string of the molecule is O=S(=O)(Nc1ccc(N2CCCS2(=O)=O)cc1)c1ccc2c(c1)CCO2. The molecule has 7 nitrogen and oxygen atoms in total. The third-order valence-electron chi connectivity index (χ3n) is 4.48. The Morgan fingerprint density at radius 2 is 1.85 bits per heavy atom. The Hall–Kier alpha value is -2.26. The molecule has 1 saturated heterocycles. The van der Waals surface area contributed by atoms with Gasteiger partial charge in [0.05, 0.1) is 22.9 Å². The van der Waals surface area contributed by atoms with Gasteiger partial charge in [0.15, 0.2) is 0 Å². The van der Waals surface area contributed by atoms with Gasteiger partial charge in [-0.3, -0.25) is 9.03 Å². The fourth-order valence-corrected chi connectivity index (χ4v) is 5.84. The largest absolute Gasteiger partial charge is 0.493 e. The molecule has 0 aromatic heterocycles. The van der Waals surface area contributed by atoms with Gasteiger partial charge in [-0.1, -0.05) is 0 Å². The highest BCUT2D eigenvalue weighted by Gasteiger charge is 2.28. The molecule has 4 rings (SSSR count). The predicted octanol–water partition coefficient (Wildman–Crippen LogP) is 1.96. The van der Waals surface area contributed by atoms with Crippen LogP contribution in [0.2, 0.25) is 0 Å². The van der Waals surface area contributed by atoms with Crippen molar-refractivity contribution in [3.63, 3.8) is 0 Å². The summed E-state index contributed by atoms with van der Waals surface area (Å²) in [5, 5.41) is 0. The van der Waals surface area contributed by atoms with Crippen molar-refractivity contribution in [3.05, 3.63) is 48.0 Å². The quantitative estimate of drug-likeness (QED) is 0.856. The van der Waals surface area contributed by atoms with Gasteiger partial charge in [0.1, 0.15) is 5.75 Å². The minimum absolute atomic E-state index is 0.142. The average molecular weight is 394 g/mol. The zero-order chi connectivity index (χ0) is 18.4. The number of nitrogens with zero attached hydrogens (tertiary/aromatic N) is 1. The molecular weight excluding hydrogens is 376 g/mol. The minimum atomic E-state index is -3.73. The van der Waals surface area contributed by atoms with Crippen LogP contribution in [0.5, 0.6) is 5.75 Å². The Labute approximate surface area is 152 Å². The lowest BCUT2D eigenvalue weighted by Crippen LogP contribution is -2.25. The normalized spacial score (nSPS) is 18.4. The fourth-order valence-electron chi connectivity index (χ4n) is 3.17. The van der Waals surface area contributed by atoms with E-state index in [-0.39, 0.29) is 10.6 Å². The Bertz CT molecular complexity index is 1050. The Morgan fingerprint density at radius 3 is 2.54 bits per heavy atom. The number of benzene rings is 2. The summed E-state index contributed by atoms with van der Waals surface area (Å²) in [7, 11) is -6.98. The van der Waals surface area contributed by atoms with Crippen LogP contribution in [0.1, 0.15) is 12.0 Å². The van der Waals surface area contributed by atoms with Gasteiger partial charge in [-0.25, -0.2) is 16.8 Å². The number of ether oxygens (including phenoxy) is 1. The molecule has 1 N–H and O–H groups in total. The summed E-state index contributed by atoms with van der Waals surface area (Å²) < 4.78 is 58.4. The van der Waals surface area contributed by atoms with Gasteiger partial charge in [-0.05, 0) is 54.4 Å². The second-order valence-electron chi connectivity index (χ2n) is 6.26. The topological polar surface area (TPSA) is 92.8 Å². The maximum atomic E-state index is 12.6. The lowest BCUT2D eigenvalue weighted by Gasteiger charge is -2.17. The number of hydrogen-bond donors (Lipinski definition) is 1. The molecule has 0 saturated carbocycles. The van der Waals surface area contributed by atoms with E-state index >= 15 is 0 Å². The van der Waals surface area contributed by atoms with Crippen molar-refractivity contribution in [2.45, 2.75) is 17.7 Å². The van der Waals surface area contributed by atoms with Gasteiger partial charge in [0.2, 0.25) is 10.0 Å². The van der Waals surface area contributed by atoms with E-state index in [9.17, 15) is 16.8 Å². The summed E-state index contributed by atoms with van der Waals surface area (Å²) in [5.74, 6) is 0.865. The zero-order valence-electron chi connectivity index (χ0n) is 13.9. The lowest BCUT2D eigenvalue weighted by molar-refractivity contribution is 0.356. The second-order valence-corrected chi connectivity index (χ2v) is 9.96. The summed E-state index contributed by atoms with van der Waals surface area (Å²) >= 11 is 0. The highest BCUT2D eigenvalue weighted by atomic mass is 32.2. The van der Waals surface area contributed by atoms with Gasteiger partial charge < -0.3 is 4.74 Å². The molecule has 2 aliphatic heterocycles. The van der Waals surface area contributed by atoms with Crippen LogP contribution < -0.4 is 13.8 Å². The Morgan fingerprint density at radius 1 is 1.08 bits per heavy atom. The third-order valence-corrected chi connectivity index (χ3v) is 7.73. The van der Waals surface area contributed by atoms with Gasteiger partial charge >= 0.3 is 0 Å². The fraction of sp³-hybridized carbons (Fsp3) is 0.294. The van der Waals surface area contributed by atoms with Crippen molar-refractivity contribution in [1.82, 2.24) is 0 Å². The summed E-state index contributed by atoms with van der Waals surface area (Å²) in [6.45, 7) is 1.01. The van der Waals surface area contributed by atoms with Crippen LogP contribution in [0.4, 0.5) is 11.4 Å². The van der Waals surface area contributed by atoms with Gasteiger partial charge in [-0.2, -0.15) is 0 Å². The number of rotatable bonds is 4. The number of anilines is 2. The standard InChI is InChI=1S/C17H18N2O5S2/c20-25(21)11-1-9-19(25)15-4-2-14(3-5-15)18-26(22,23)16-6-7-17-13(12-16)8-10-24-17/h2-7,12,18H,1,8-11H2. The molecule has 2 aliphatic rings. The van der Waals surface area contributed by atoms with E-state index in [0.29, 0.717) is 37.4 Å². The van der Waals surface area contributed by atoms with Gasteiger partial charge in [0, 0.05) is 18.7 Å². The Kier molecular flexibility index (Phi) is 4.07. The highest BCUT2D eigenvalue weighted by molar-refractivity contribution is 7.93. The molecule has 0 unspecified atom stereocenters. The second kappa shape index (κ2) is 6.17. The Balaban J connectivity index is 1.55. The van der Waals surface area contributed by atoms with Crippen molar-refractivity contribution in [2.75, 3.05) is 27.9 Å². The third kappa shape index (κ3) is 3.12. The molecule has 26 heavy (non-hydrogen) atoms. The molecule has 138 valence electrons. The molecule has 1 fully saturated rings. The van der Waals surface area contributed by atoms with Crippen LogP contribution in [0, 0.1) is 0 Å². The first-order chi connectivity index (χ1) is 12.4. The predicted molar refractivity (Wildman–Crippen MR) is 98.6 cm³/mol. The van der Waals surface area contributed by atoms with Crippen molar-refractivity contribution in [2.24, 2.45) is 0 Å². The summed E-state index contributed by atoms with van der Waals surface area (Å²) in [6.07, 6.45) is 1.29.